The molecular weight excluding hydrogens is 562 g/mol. The summed E-state index contributed by atoms with van der Waals surface area (Å²) in [5.74, 6) is -0.257. The molecule has 0 saturated heterocycles. The van der Waals surface area contributed by atoms with Crippen molar-refractivity contribution >= 4 is 56.6 Å². The van der Waals surface area contributed by atoms with Crippen LogP contribution in [0, 0.1) is 18.8 Å². The van der Waals surface area contributed by atoms with Gasteiger partial charge in [-0.05, 0) is 62.9 Å². The number of aliphatic carboxylic acids is 1. The van der Waals surface area contributed by atoms with Gasteiger partial charge in [-0.15, -0.1) is 0 Å². The van der Waals surface area contributed by atoms with E-state index in [0.29, 0.717) is 34.5 Å². The van der Waals surface area contributed by atoms with Gasteiger partial charge in [-0.25, -0.2) is 0 Å². The fourth-order valence-corrected chi connectivity index (χ4v) is 4.49. The minimum Gasteiger partial charge on any atom is -0.481 e. The predicted molar refractivity (Wildman–Crippen MR) is 192 cm³/mol. The Morgan fingerprint density at radius 1 is 0.867 bits per heavy atom. The molecule has 0 atom stereocenters. The summed E-state index contributed by atoms with van der Waals surface area (Å²) in [4.78, 5) is 32.9. The summed E-state index contributed by atoms with van der Waals surface area (Å²) in [6.45, 7) is 20.6. The lowest BCUT2D eigenvalue weighted by Gasteiger charge is -2.32. The highest BCUT2D eigenvalue weighted by Gasteiger charge is 2.23. The Kier molecular flexibility index (Phi) is 15.3. The minimum atomic E-state index is -0.711. The van der Waals surface area contributed by atoms with Gasteiger partial charge in [0.15, 0.2) is 12.1 Å². The van der Waals surface area contributed by atoms with Crippen molar-refractivity contribution in [3.05, 3.63) is 77.4 Å². The van der Waals surface area contributed by atoms with Crippen LogP contribution in [0.25, 0.3) is 21.5 Å². The maximum Gasteiger partial charge on any atom is 0.303 e. The number of carbonyl (C=O) groups excluding carboxylic acids is 2. The molecule has 7 heteroatoms. The molecule has 0 bridgehead atoms. The molecule has 6 N–H and O–H groups in total. The number of nitrogen functional groups attached to an aromatic ring is 2. The van der Waals surface area contributed by atoms with Crippen molar-refractivity contribution in [2.45, 2.75) is 87.6 Å². The summed E-state index contributed by atoms with van der Waals surface area (Å²) in [6.07, 6.45) is 1.79. The second kappa shape index (κ2) is 17.8. The minimum absolute atomic E-state index is 0.0225. The van der Waals surface area contributed by atoms with E-state index < -0.39 is 5.97 Å². The van der Waals surface area contributed by atoms with E-state index in [1.54, 1.807) is 24.3 Å². The number of aldehydes is 1. The Labute approximate surface area is 269 Å². The molecule has 0 aromatic heterocycles. The first kappa shape index (κ1) is 38.6. The van der Waals surface area contributed by atoms with Crippen LogP contribution in [-0.4, -0.2) is 28.7 Å². The van der Waals surface area contributed by atoms with E-state index in [2.05, 4.69) is 64.2 Å². The smallest absolute Gasteiger partial charge is 0.303 e. The second-order valence-corrected chi connectivity index (χ2v) is 12.0. The van der Waals surface area contributed by atoms with E-state index in [1.807, 2.05) is 46.8 Å². The van der Waals surface area contributed by atoms with Crippen molar-refractivity contribution in [1.29, 1.82) is 0 Å². The Morgan fingerprint density at radius 2 is 1.40 bits per heavy atom. The van der Waals surface area contributed by atoms with Crippen LogP contribution < -0.4 is 16.8 Å². The molecule has 0 aliphatic heterocycles. The maximum absolute atomic E-state index is 12.2. The first-order chi connectivity index (χ1) is 21.2. The molecule has 244 valence electrons. The maximum atomic E-state index is 12.2. The highest BCUT2D eigenvalue weighted by Crippen LogP contribution is 2.33. The summed E-state index contributed by atoms with van der Waals surface area (Å²) < 4.78 is 0. The van der Waals surface area contributed by atoms with Crippen LogP contribution >= 0.6 is 0 Å². The number of aryl methyl sites for hydroxylation is 1. The molecule has 0 unspecified atom stereocenters. The van der Waals surface area contributed by atoms with Crippen LogP contribution in [0.15, 0.2) is 60.7 Å². The number of nitrogens with one attached hydrogen (secondary N) is 1. The van der Waals surface area contributed by atoms with Crippen LogP contribution in [0.5, 0.6) is 0 Å². The number of anilines is 3. The van der Waals surface area contributed by atoms with E-state index in [4.69, 9.17) is 16.6 Å². The lowest BCUT2D eigenvalue weighted by Crippen LogP contribution is -2.36. The third-order valence-electron chi connectivity index (χ3n) is 7.67. The van der Waals surface area contributed by atoms with Crippen molar-refractivity contribution in [3.8, 4) is 0 Å². The zero-order valence-corrected chi connectivity index (χ0v) is 28.7. The topological polar surface area (TPSA) is 136 Å². The van der Waals surface area contributed by atoms with E-state index in [1.165, 1.54) is 16.6 Å². The number of benzene rings is 4. The van der Waals surface area contributed by atoms with Crippen LogP contribution in [0.3, 0.4) is 0 Å². The van der Waals surface area contributed by atoms with Gasteiger partial charge in [-0.1, -0.05) is 84.9 Å². The van der Waals surface area contributed by atoms with Crippen LogP contribution in [0.1, 0.15) is 101 Å². The molecule has 4 aromatic carbocycles. The van der Waals surface area contributed by atoms with E-state index in [-0.39, 0.29) is 17.2 Å². The summed E-state index contributed by atoms with van der Waals surface area (Å²) in [7, 11) is 0. The zero-order valence-electron chi connectivity index (χ0n) is 28.7. The van der Waals surface area contributed by atoms with Crippen molar-refractivity contribution in [2.24, 2.45) is 11.8 Å². The van der Waals surface area contributed by atoms with E-state index >= 15 is 0 Å². The molecule has 0 heterocycles. The fraction of sp³-hybridized carbons (Fsp3) is 0.395. The van der Waals surface area contributed by atoms with Gasteiger partial charge in [0.1, 0.15) is 0 Å². The molecule has 0 amide bonds. The highest BCUT2D eigenvalue weighted by atomic mass is 16.4. The normalized spacial score (nSPS) is 10.7. The van der Waals surface area contributed by atoms with Crippen LogP contribution in [-0.2, 0) is 4.79 Å². The Morgan fingerprint density at radius 3 is 1.87 bits per heavy atom. The van der Waals surface area contributed by atoms with Gasteiger partial charge < -0.3 is 21.9 Å². The standard InChI is InChI=1S/C17H24N2.C15H15NO2.C4H8O2.C2H6/c1-11(2)17(4,5)19-15-8-6-7-13-14(18)10-9-12(3)16(13)15;1-9(2)15(18)12-5-3-4-11-13(16)7-6-10(8-17)14(11)12;1-2-3-4(5)6;1-2/h6-11,19H,18H2,1-5H3;3-9H,16H2,1-2H3;2-3H2,1H3,(H,5,6);1-2H3. The number of hydrogen-bond donors (Lipinski definition) is 4. The molecule has 0 spiro atoms. The number of carbonyl (C=O) groups is 3. The molecule has 7 nitrogen and oxygen atoms in total. The third-order valence-corrected chi connectivity index (χ3v) is 7.67. The van der Waals surface area contributed by atoms with Gasteiger partial charge >= 0.3 is 5.97 Å². The molecule has 0 aliphatic carbocycles. The van der Waals surface area contributed by atoms with Crippen molar-refractivity contribution in [1.82, 2.24) is 0 Å². The van der Waals surface area contributed by atoms with Crippen molar-refractivity contribution in [3.63, 3.8) is 0 Å². The van der Waals surface area contributed by atoms with Gasteiger partial charge in [-0.3, -0.25) is 14.4 Å². The number of ketones is 1. The number of fused-ring (bicyclic) bond motifs is 2. The average Bonchev–Trinajstić information content (AvgIpc) is 3.00. The lowest BCUT2D eigenvalue weighted by atomic mass is 9.89. The van der Waals surface area contributed by atoms with Gasteiger partial charge in [0.2, 0.25) is 0 Å². The van der Waals surface area contributed by atoms with Crippen molar-refractivity contribution in [2.75, 3.05) is 16.8 Å². The van der Waals surface area contributed by atoms with Gasteiger partial charge in [0.05, 0.1) is 0 Å². The highest BCUT2D eigenvalue weighted by molar-refractivity contribution is 6.15. The average molecular weight is 616 g/mol. The molecule has 0 saturated carbocycles. The SMILES string of the molecule is CC.CC(C)C(=O)c1cccc2c(N)ccc(C=O)c12.CCCC(=O)O.Cc1ccc(N)c2cccc(NC(C)(C)C(C)C)c12. The van der Waals surface area contributed by atoms with Crippen LogP contribution in [0.2, 0.25) is 0 Å². The first-order valence-electron chi connectivity index (χ1n) is 15.7. The first-order valence-corrected chi connectivity index (χ1v) is 15.7. The zero-order chi connectivity index (χ0) is 34.5. The van der Waals surface area contributed by atoms with Crippen LogP contribution in [0.4, 0.5) is 17.1 Å². The molecule has 0 radical (unpaired) electrons. The largest absolute Gasteiger partial charge is 0.481 e. The van der Waals surface area contributed by atoms with Gasteiger partial charge in [0.25, 0.3) is 0 Å². The predicted octanol–water partition coefficient (Wildman–Crippen LogP) is 9.55. The number of carboxylic acids is 1. The number of carboxylic acid groups (broad SMARTS) is 1. The fourth-order valence-electron chi connectivity index (χ4n) is 4.49. The molecule has 4 aromatic rings. The third kappa shape index (κ3) is 10.3. The number of Topliss-reactive ketones (excluding diaryl/α,β-unsaturated/α-hetero) is 1. The van der Waals surface area contributed by atoms with Gasteiger partial charge in [-0.2, -0.15) is 0 Å². The Bertz CT molecular complexity index is 1590. The summed E-state index contributed by atoms with van der Waals surface area (Å²) in [5.41, 5.74) is 16.9. The summed E-state index contributed by atoms with van der Waals surface area (Å²) in [6, 6.07) is 19.1. The number of nitrogens with two attached hydrogens (primary N) is 2. The Hall–Kier alpha value is -4.39. The molecular formula is C38H53N3O4. The summed E-state index contributed by atoms with van der Waals surface area (Å²) in [5, 5.41) is 15.4. The molecule has 45 heavy (non-hydrogen) atoms. The van der Waals surface area contributed by atoms with Crippen molar-refractivity contribution < 1.29 is 19.5 Å². The molecule has 0 fully saturated rings. The summed E-state index contributed by atoms with van der Waals surface area (Å²) >= 11 is 0. The number of rotatable bonds is 8. The van der Waals surface area contributed by atoms with E-state index in [0.717, 1.165) is 29.2 Å². The number of hydrogen-bond acceptors (Lipinski definition) is 6. The monoisotopic (exact) mass is 615 g/mol. The second-order valence-electron chi connectivity index (χ2n) is 12.0. The van der Waals surface area contributed by atoms with Gasteiger partial charge in [0, 0.05) is 67.6 Å². The molecule has 0 aliphatic rings. The lowest BCUT2D eigenvalue weighted by molar-refractivity contribution is -0.137. The Balaban J connectivity index is 0.000000365. The van der Waals surface area contributed by atoms with E-state index in [9.17, 15) is 14.4 Å². The quantitative estimate of drug-likeness (QED) is 0.0880. The molecule has 4 rings (SSSR count).